The lowest BCUT2D eigenvalue weighted by Gasteiger charge is -2.18. The molecular formula is C18H19NO8. The van der Waals surface area contributed by atoms with Gasteiger partial charge >= 0.3 is 5.97 Å². The molecule has 1 heterocycles. The smallest absolute Gasteiger partial charge is 0.341 e. The molecule has 9 heteroatoms. The van der Waals surface area contributed by atoms with Crippen molar-refractivity contribution in [3.8, 4) is 17.2 Å². The Labute approximate surface area is 153 Å². The lowest BCUT2D eigenvalue weighted by Crippen LogP contribution is -2.18. The van der Waals surface area contributed by atoms with Crippen LogP contribution in [0.5, 0.6) is 17.2 Å². The summed E-state index contributed by atoms with van der Waals surface area (Å²) in [5.41, 5.74) is 5.13. The summed E-state index contributed by atoms with van der Waals surface area (Å²) < 4.78 is 15.8. The Morgan fingerprint density at radius 2 is 1.96 bits per heavy atom. The van der Waals surface area contributed by atoms with Crippen LogP contribution >= 0.6 is 0 Å². The maximum absolute atomic E-state index is 11.9. The molecule has 1 atom stereocenters. The highest BCUT2D eigenvalue weighted by molar-refractivity contribution is 5.75. The van der Waals surface area contributed by atoms with Crippen molar-refractivity contribution in [1.82, 2.24) is 0 Å². The Kier molecular flexibility index (Phi) is 6.07. The molecule has 0 bridgehead atoms. The molecule has 2 aromatic rings. The van der Waals surface area contributed by atoms with Gasteiger partial charge in [0.15, 0.2) is 23.9 Å². The van der Waals surface area contributed by atoms with Crippen LogP contribution in [0.25, 0.3) is 0 Å². The molecule has 0 saturated carbocycles. The zero-order valence-corrected chi connectivity index (χ0v) is 14.7. The topological polar surface area (TPSA) is 149 Å². The number of aromatic hydroxyl groups is 1. The first kappa shape index (κ1) is 19.8. The summed E-state index contributed by atoms with van der Waals surface area (Å²) in [6, 6.07) is 5.61. The molecule has 9 nitrogen and oxygen atoms in total. The minimum absolute atomic E-state index is 0.0972. The number of aryl methyl sites for hydroxylation is 1. The van der Waals surface area contributed by atoms with E-state index in [1.807, 2.05) is 0 Å². The van der Waals surface area contributed by atoms with E-state index >= 15 is 0 Å². The zero-order valence-electron chi connectivity index (χ0n) is 14.7. The second-order valence-electron chi connectivity index (χ2n) is 5.75. The van der Waals surface area contributed by atoms with Crippen LogP contribution in [0.4, 0.5) is 0 Å². The van der Waals surface area contributed by atoms with Crippen molar-refractivity contribution >= 4 is 11.9 Å². The van der Waals surface area contributed by atoms with Crippen molar-refractivity contribution in [2.75, 3.05) is 13.7 Å². The monoisotopic (exact) mass is 377 g/mol. The third-order valence-corrected chi connectivity index (χ3v) is 3.74. The highest BCUT2D eigenvalue weighted by atomic mass is 16.5. The van der Waals surface area contributed by atoms with Gasteiger partial charge in [-0.15, -0.1) is 0 Å². The van der Waals surface area contributed by atoms with Crippen LogP contribution in [-0.4, -0.2) is 35.8 Å². The number of carboxylic acid groups (broad SMARTS) is 1. The van der Waals surface area contributed by atoms with Gasteiger partial charge in [0.1, 0.15) is 5.76 Å². The first-order valence-corrected chi connectivity index (χ1v) is 7.87. The fraction of sp³-hybridized carbons (Fsp3) is 0.278. The largest absolute Gasteiger partial charge is 0.502 e. The highest BCUT2D eigenvalue weighted by Gasteiger charge is 2.26. The number of carbonyl (C=O) groups is 2. The average molecular weight is 377 g/mol. The average Bonchev–Trinajstić information content (AvgIpc) is 2.60. The number of rotatable bonds is 8. The second-order valence-corrected chi connectivity index (χ2v) is 5.75. The van der Waals surface area contributed by atoms with Crippen LogP contribution in [0.1, 0.15) is 29.4 Å². The summed E-state index contributed by atoms with van der Waals surface area (Å²) >= 11 is 0. The number of primary amides is 1. The third-order valence-electron chi connectivity index (χ3n) is 3.74. The SMILES string of the molecule is COc1cc([C@@H](CC(N)=O)c2oc(C)cc(=O)c2O)ccc1OCC(=O)O. The summed E-state index contributed by atoms with van der Waals surface area (Å²) in [6.45, 7) is 0.975. The minimum atomic E-state index is -1.15. The van der Waals surface area contributed by atoms with Crippen LogP contribution in [0.3, 0.4) is 0 Å². The van der Waals surface area contributed by atoms with Crippen molar-refractivity contribution in [2.24, 2.45) is 5.73 Å². The maximum atomic E-state index is 11.9. The van der Waals surface area contributed by atoms with Crippen molar-refractivity contribution in [3.05, 3.63) is 51.6 Å². The molecular weight excluding hydrogens is 358 g/mol. The molecule has 0 aliphatic rings. The van der Waals surface area contributed by atoms with Gasteiger partial charge < -0.3 is 29.8 Å². The number of hydrogen-bond donors (Lipinski definition) is 3. The standard InChI is InChI=1S/C18H19NO8/c1-9-5-12(20)17(24)18(27-9)11(7-15(19)21)10-3-4-13(14(6-10)25-2)26-8-16(22)23/h3-6,11,24H,7-8H2,1-2H3,(H2,19,21)(H,22,23)/t11-/m1/s1. The Bertz CT molecular complexity index is 918. The number of nitrogens with two attached hydrogens (primary N) is 1. The van der Waals surface area contributed by atoms with E-state index in [0.29, 0.717) is 5.56 Å². The van der Waals surface area contributed by atoms with E-state index in [1.165, 1.54) is 32.2 Å². The van der Waals surface area contributed by atoms with Crippen molar-refractivity contribution < 1.29 is 33.7 Å². The maximum Gasteiger partial charge on any atom is 0.341 e. The van der Waals surface area contributed by atoms with E-state index in [-0.39, 0.29) is 29.4 Å². The van der Waals surface area contributed by atoms with E-state index in [1.54, 1.807) is 0 Å². The molecule has 0 aliphatic carbocycles. The van der Waals surface area contributed by atoms with Crippen LogP contribution in [0.15, 0.2) is 33.5 Å². The summed E-state index contributed by atoms with van der Waals surface area (Å²) in [7, 11) is 1.36. The molecule has 0 fully saturated rings. The van der Waals surface area contributed by atoms with Crippen molar-refractivity contribution in [2.45, 2.75) is 19.3 Å². The molecule has 4 N–H and O–H groups in total. The quantitative estimate of drug-likeness (QED) is 0.620. The molecule has 1 aromatic carbocycles. The van der Waals surface area contributed by atoms with Gasteiger partial charge in [-0.25, -0.2) is 4.79 Å². The first-order valence-electron chi connectivity index (χ1n) is 7.87. The number of carboxylic acids is 1. The molecule has 2 rings (SSSR count). The number of amides is 1. The number of aliphatic carboxylic acids is 1. The second kappa shape index (κ2) is 8.26. The molecule has 0 unspecified atom stereocenters. The van der Waals surface area contributed by atoms with Gasteiger partial charge in [0.25, 0.3) is 0 Å². The fourth-order valence-corrected chi connectivity index (χ4v) is 2.58. The van der Waals surface area contributed by atoms with Crippen LogP contribution in [0.2, 0.25) is 0 Å². The number of hydrogen-bond acceptors (Lipinski definition) is 7. The highest BCUT2D eigenvalue weighted by Crippen LogP contribution is 2.37. The van der Waals surface area contributed by atoms with Crippen LogP contribution < -0.4 is 20.6 Å². The Morgan fingerprint density at radius 3 is 2.56 bits per heavy atom. The van der Waals surface area contributed by atoms with Gasteiger partial charge in [-0.05, 0) is 24.6 Å². The number of ether oxygens (including phenoxy) is 2. The normalized spacial score (nSPS) is 11.6. The molecule has 0 spiro atoms. The molecule has 1 aromatic heterocycles. The molecule has 27 heavy (non-hydrogen) atoms. The van der Waals surface area contributed by atoms with Gasteiger partial charge in [-0.1, -0.05) is 6.07 Å². The van der Waals surface area contributed by atoms with Crippen LogP contribution in [-0.2, 0) is 9.59 Å². The Hall–Kier alpha value is -3.49. The van der Waals surface area contributed by atoms with E-state index in [2.05, 4.69) is 0 Å². The molecule has 144 valence electrons. The van der Waals surface area contributed by atoms with E-state index in [4.69, 9.17) is 24.7 Å². The molecule has 0 aliphatic heterocycles. The number of benzene rings is 1. The van der Waals surface area contributed by atoms with Gasteiger partial charge in [0.05, 0.1) is 13.0 Å². The van der Waals surface area contributed by atoms with Gasteiger partial charge in [-0.3, -0.25) is 9.59 Å². The van der Waals surface area contributed by atoms with Crippen LogP contribution in [0, 0.1) is 6.92 Å². The fourth-order valence-electron chi connectivity index (χ4n) is 2.58. The number of methoxy groups -OCH3 is 1. The predicted octanol–water partition coefficient (Wildman–Crippen LogP) is 1.13. The van der Waals surface area contributed by atoms with Crippen molar-refractivity contribution in [3.63, 3.8) is 0 Å². The van der Waals surface area contributed by atoms with Gasteiger partial charge in [-0.2, -0.15) is 0 Å². The minimum Gasteiger partial charge on any atom is -0.502 e. The molecule has 0 saturated heterocycles. The lowest BCUT2D eigenvalue weighted by atomic mass is 9.91. The van der Waals surface area contributed by atoms with E-state index in [0.717, 1.165) is 6.07 Å². The van der Waals surface area contributed by atoms with Crippen molar-refractivity contribution in [1.29, 1.82) is 0 Å². The Balaban J connectivity index is 2.53. The number of carbonyl (C=O) groups excluding carboxylic acids is 1. The predicted molar refractivity (Wildman–Crippen MR) is 93.2 cm³/mol. The summed E-state index contributed by atoms with van der Waals surface area (Å²) in [4.78, 5) is 34.1. The lowest BCUT2D eigenvalue weighted by molar-refractivity contribution is -0.139. The summed E-state index contributed by atoms with van der Waals surface area (Å²) in [5.74, 6) is -2.74. The molecule has 0 radical (unpaired) electrons. The summed E-state index contributed by atoms with van der Waals surface area (Å²) in [5, 5.41) is 18.8. The van der Waals surface area contributed by atoms with E-state index in [9.17, 15) is 19.5 Å². The first-order chi connectivity index (χ1) is 12.7. The van der Waals surface area contributed by atoms with E-state index < -0.39 is 35.6 Å². The summed E-state index contributed by atoms with van der Waals surface area (Å²) in [6.07, 6.45) is -0.238. The van der Waals surface area contributed by atoms with Gasteiger partial charge in [0, 0.05) is 12.5 Å². The Morgan fingerprint density at radius 1 is 1.26 bits per heavy atom. The molecule has 1 amide bonds. The third kappa shape index (κ3) is 4.78. The zero-order chi connectivity index (χ0) is 20.1. The van der Waals surface area contributed by atoms with Gasteiger partial charge in [0.2, 0.25) is 17.1 Å².